The van der Waals surface area contributed by atoms with Crippen LogP contribution in [0, 0.1) is 5.82 Å². The summed E-state index contributed by atoms with van der Waals surface area (Å²) in [7, 11) is 0. The van der Waals surface area contributed by atoms with Crippen LogP contribution >= 0.6 is 11.6 Å². The average Bonchev–Trinajstić information content (AvgIpc) is 2.57. The van der Waals surface area contributed by atoms with Gasteiger partial charge in [-0.2, -0.15) is 0 Å². The highest BCUT2D eigenvalue weighted by Gasteiger charge is 2.16. The predicted octanol–water partition coefficient (Wildman–Crippen LogP) is 3.85. The lowest BCUT2D eigenvalue weighted by molar-refractivity contribution is -0.114. The molecule has 3 rings (SSSR count). The van der Waals surface area contributed by atoms with Gasteiger partial charge < -0.3 is 15.6 Å². The largest absolute Gasteiger partial charge is 0.361 e. The molecule has 0 aliphatic rings. The number of amides is 1. The van der Waals surface area contributed by atoms with Gasteiger partial charge in [0.25, 0.3) is 5.56 Å². The van der Waals surface area contributed by atoms with Crippen molar-refractivity contribution in [3.63, 3.8) is 0 Å². The first-order chi connectivity index (χ1) is 12.3. The number of pyridine rings is 2. The van der Waals surface area contributed by atoms with Crippen molar-refractivity contribution in [2.75, 3.05) is 10.6 Å². The molecule has 6 nitrogen and oxygen atoms in total. The topological polar surface area (TPSA) is 86.9 Å². The number of halogens is 2. The molecule has 3 aromatic rings. The monoisotopic (exact) mass is 374 g/mol. The van der Waals surface area contributed by atoms with Crippen molar-refractivity contribution in [2.24, 2.45) is 0 Å². The van der Waals surface area contributed by atoms with Crippen molar-refractivity contribution in [2.45, 2.75) is 19.9 Å². The van der Waals surface area contributed by atoms with Crippen LogP contribution in [-0.4, -0.2) is 15.9 Å². The van der Waals surface area contributed by atoms with Crippen molar-refractivity contribution in [1.82, 2.24) is 9.97 Å². The molecular weight excluding hydrogens is 359 g/mol. The molecule has 134 valence electrons. The molecule has 8 heteroatoms. The van der Waals surface area contributed by atoms with E-state index in [1.165, 1.54) is 19.2 Å². The molecule has 0 saturated carbocycles. The number of fused-ring (bicyclic) bond motifs is 1. The smallest absolute Gasteiger partial charge is 0.253 e. The van der Waals surface area contributed by atoms with Gasteiger partial charge in [-0.1, -0.05) is 11.6 Å². The summed E-state index contributed by atoms with van der Waals surface area (Å²) < 4.78 is 14.5. The fraction of sp³-hybridized carbons (Fsp3) is 0.167. The Morgan fingerprint density at radius 3 is 2.81 bits per heavy atom. The number of aromatic nitrogens is 2. The molecule has 0 aliphatic carbocycles. The van der Waals surface area contributed by atoms with Gasteiger partial charge in [0.15, 0.2) is 11.6 Å². The van der Waals surface area contributed by atoms with Crippen molar-refractivity contribution in [3.8, 4) is 0 Å². The van der Waals surface area contributed by atoms with Crippen LogP contribution in [0.1, 0.15) is 25.5 Å². The Balaban J connectivity index is 1.94. The van der Waals surface area contributed by atoms with E-state index in [9.17, 15) is 14.0 Å². The van der Waals surface area contributed by atoms with E-state index in [-0.39, 0.29) is 17.1 Å². The van der Waals surface area contributed by atoms with E-state index < -0.39 is 17.8 Å². The number of benzene rings is 1. The van der Waals surface area contributed by atoms with Gasteiger partial charge in [-0.05, 0) is 37.3 Å². The highest BCUT2D eigenvalue weighted by atomic mass is 35.5. The molecule has 0 bridgehead atoms. The number of rotatable bonds is 4. The van der Waals surface area contributed by atoms with Gasteiger partial charge >= 0.3 is 0 Å². The van der Waals surface area contributed by atoms with Gasteiger partial charge in [-0.25, -0.2) is 9.37 Å². The predicted molar refractivity (Wildman–Crippen MR) is 100 cm³/mol. The first-order valence-corrected chi connectivity index (χ1v) is 8.24. The number of aromatic amines is 1. The lowest BCUT2D eigenvalue weighted by Crippen LogP contribution is -2.20. The third-order valence-electron chi connectivity index (χ3n) is 3.85. The molecule has 2 aromatic heterocycles. The Labute approximate surface area is 153 Å². The quantitative estimate of drug-likeness (QED) is 0.647. The van der Waals surface area contributed by atoms with Crippen molar-refractivity contribution in [1.29, 1.82) is 0 Å². The highest BCUT2D eigenvalue weighted by molar-refractivity contribution is 6.31. The van der Waals surface area contributed by atoms with Crippen LogP contribution in [0.25, 0.3) is 10.9 Å². The maximum atomic E-state index is 14.5. The minimum atomic E-state index is -0.699. The zero-order valence-electron chi connectivity index (χ0n) is 14.1. The van der Waals surface area contributed by atoms with Gasteiger partial charge in [0, 0.05) is 34.6 Å². The van der Waals surface area contributed by atoms with E-state index in [2.05, 4.69) is 20.6 Å². The molecule has 0 saturated heterocycles. The van der Waals surface area contributed by atoms with Gasteiger partial charge in [0.05, 0.1) is 11.7 Å². The molecule has 3 N–H and O–H groups in total. The average molecular weight is 375 g/mol. The SMILES string of the molecule is CC(=O)Nc1ccnc(N[C@@H](C)c2cc3cc(Cl)ccc3[nH]c2=O)c1F. The molecule has 0 radical (unpaired) electrons. The standard InChI is InChI=1S/C18H16ClFN4O2/c1-9(22-17-16(20)15(5-6-21-17)23-10(2)25)13-8-11-7-12(19)3-4-14(11)24-18(13)26/h3-9H,1-2H3,(H,24,26)(H2,21,22,23,25)/t9-/m0/s1. The molecule has 26 heavy (non-hydrogen) atoms. The lowest BCUT2D eigenvalue weighted by Gasteiger charge is -2.16. The summed E-state index contributed by atoms with van der Waals surface area (Å²) in [5.41, 5.74) is 0.790. The zero-order valence-corrected chi connectivity index (χ0v) is 14.8. The molecule has 0 fully saturated rings. The third-order valence-corrected chi connectivity index (χ3v) is 4.09. The molecule has 1 atom stereocenters. The molecule has 0 spiro atoms. The van der Waals surface area contributed by atoms with E-state index in [0.717, 1.165) is 5.39 Å². The van der Waals surface area contributed by atoms with E-state index in [4.69, 9.17) is 11.6 Å². The number of hydrogen-bond acceptors (Lipinski definition) is 4. The number of nitrogens with zero attached hydrogens (tertiary/aromatic N) is 1. The molecule has 2 heterocycles. The number of carbonyl (C=O) groups excluding carboxylic acids is 1. The van der Waals surface area contributed by atoms with Gasteiger partial charge in [-0.3, -0.25) is 9.59 Å². The van der Waals surface area contributed by atoms with E-state index in [0.29, 0.717) is 16.1 Å². The number of hydrogen-bond donors (Lipinski definition) is 3. The lowest BCUT2D eigenvalue weighted by atomic mass is 10.1. The van der Waals surface area contributed by atoms with Gasteiger partial charge in [0.1, 0.15) is 0 Å². The summed E-state index contributed by atoms with van der Waals surface area (Å²) in [4.78, 5) is 30.2. The van der Waals surface area contributed by atoms with Crippen molar-refractivity contribution < 1.29 is 9.18 Å². The summed E-state index contributed by atoms with van der Waals surface area (Å²) in [5, 5.41) is 6.57. The zero-order chi connectivity index (χ0) is 18.8. The summed E-state index contributed by atoms with van der Waals surface area (Å²) in [6, 6.07) is 7.67. The number of anilines is 2. The van der Waals surface area contributed by atoms with Crippen LogP contribution in [0.15, 0.2) is 41.3 Å². The minimum Gasteiger partial charge on any atom is -0.361 e. The normalized spacial score (nSPS) is 12.0. The maximum Gasteiger partial charge on any atom is 0.253 e. The number of carbonyl (C=O) groups is 1. The summed E-state index contributed by atoms with van der Waals surface area (Å²) >= 11 is 6.00. The summed E-state index contributed by atoms with van der Waals surface area (Å²) in [6.45, 7) is 3.00. The van der Waals surface area contributed by atoms with E-state index in [1.807, 2.05) is 0 Å². The Bertz CT molecular complexity index is 1050. The molecule has 1 amide bonds. The molecule has 0 unspecified atom stereocenters. The van der Waals surface area contributed by atoms with Crippen LogP contribution in [-0.2, 0) is 4.79 Å². The van der Waals surface area contributed by atoms with Crippen LogP contribution < -0.4 is 16.2 Å². The van der Waals surface area contributed by atoms with Crippen LogP contribution in [0.2, 0.25) is 5.02 Å². The van der Waals surface area contributed by atoms with Crippen LogP contribution in [0.5, 0.6) is 0 Å². The Morgan fingerprint density at radius 1 is 1.31 bits per heavy atom. The van der Waals surface area contributed by atoms with Gasteiger partial charge in [0.2, 0.25) is 5.91 Å². The molecule has 0 aliphatic heterocycles. The van der Waals surface area contributed by atoms with Crippen LogP contribution in [0.3, 0.4) is 0 Å². The maximum absolute atomic E-state index is 14.5. The Hall–Kier alpha value is -2.93. The van der Waals surface area contributed by atoms with E-state index in [1.54, 1.807) is 31.2 Å². The fourth-order valence-electron chi connectivity index (χ4n) is 2.63. The van der Waals surface area contributed by atoms with Crippen LogP contribution in [0.4, 0.5) is 15.9 Å². The summed E-state index contributed by atoms with van der Waals surface area (Å²) in [5.74, 6) is -1.15. The molecule has 1 aromatic carbocycles. The summed E-state index contributed by atoms with van der Waals surface area (Å²) in [6.07, 6.45) is 1.37. The van der Waals surface area contributed by atoms with E-state index >= 15 is 0 Å². The fourth-order valence-corrected chi connectivity index (χ4v) is 2.81. The first-order valence-electron chi connectivity index (χ1n) is 7.86. The number of H-pyrrole nitrogens is 1. The first kappa shape index (κ1) is 17.9. The Kier molecular flexibility index (Phi) is 4.90. The second kappa shape index (κ2) is 7.13. The highest BCUT2D eigenvalue weighted by Crippen LogP contribution is 2.25. The second-order valence-electron chi connectivity index (χ2n) is 5.85. The molecular formula is C18H16ClFN4O2. The second-order valence-corrected chi connectivity index (χ2v) is 6.29. The third kappa shape index (κ3) is 3.67. The Morgan fingerprint density at radius 2 is 2.08 bits per heavy atom. The minimum absolute atomic E-state index is 0.0152. The van der Waals surface area contributed by atoms with Gasteiger partial charge in [-0.15, -0.1) is 0 Å². The van der Waals surface area contributed by atoms with Crippen molar-refractivity contribution in [3.05, 3.63) is 63.3 Å². The number of nitrogens with one attached hydrogen (secondary N) is 3. The van der Waals surface area contributed by atoms with Crippen molar-refractivity contribution >= 4 is 39.9 Å².